The molecule has 0 aliphatic heterocycles. The Balaban J connectivity index is 4.19. The van der Waals surface area contributed by atoms with E-state index >= 15 is 0 Å². The molecule has 0 saturated heterocycles. The summed E-state index contributed by atoms with van der Waals surface area (Å²) in [5, 5.41) is 9.66. The van der Waals surface area contributed by atoms with Gasteiger partial charge in [-0.25, -0.2) is 4.79 Å². The molecule has 1 N–H and O–H groups in total. The summed E-state index contributed by atoms with van der Waals surface area (Å²) in [5.41, 5.74) is 0. The molecule has 0 rings (SSSR count). The Morgan fingerprint density at radius 2 is 0.841 bits per heavy atom. The topological polar surface area (TPSA) is 99.1 Å². The van der Waals surface area contributed by atoms with E-state index in [4.69, 9.17) is 14.2 Å². The molecule has 0 aromatic carbocycles. The number of hydrogen-bond acceptors (Lipinski definition) is 6. The van der Waals surface area contributed by atoms with Crippen LogP contribution in [0.4, 0.5) is 0 Å². The predicted molar refractivity (Wildman–Crippen MR) is 266 cm³/mol. The van der Waals surface area contributed by atoms with Crippen molar-refractivity contribution < 1.29 is 38.2 Å². The Morgan fingerprint density at radius 1 is 0.476 bits per heavy atom. The van der Waals surface area contributed by atoms with Crippen molar-refractivity contribution in [3.05, 3.63) is 24.3 Å². The first-order chi connectivity index (χ1) is 30.6. The van der Waals surface area contributed by atoms with Crippen molar-refractivity contribution in [3.8, 4) is 0 Å². The maximum absolute atomic E-state index is 12.8. The van der Waals surface area contributed by atoms with E-state index in [1.54, 1.807) is 0 Å². The van der Waals surface area contributed by atoms with Crippen molar-refractivity contribution in [1.29, 1.82) is 0 Å². The number of carboxylic acids is 1. The van der Waals surface area contributed by atoms with Crippen LogP contribution < -0.4 is 0 Å². The summed E-state index contributed by atoms with van der Waals surface area (Å²) in [6, 6.07) is -0.613. The fraction of sp³-hybridized carbons (Fsp3) is 0.873. The molecule has 0 aromatic heterocycles. The molecule has 0 heterocycles. The highest BCUT2D eigenvalue weighted by molar-refractivity contribution is 5.72. The normalized spacial score (nSPS) is 13.0. The van der Waals surface area contributed by atoms with E-state index in [1.165, 1.54) is 180 Å². The van der Waals surface area contributed by atoms with Crippen molar-refractivity contribution in [2.24, 2.45) is 0 Å². The number of rotatable bonds is 49. The van der Waals surface area contributed by atoms with E-state index in [2.05, 4.69) is 38.2 Å². The third-order valence-electron chi connectivity index (χ3n) is 12.4. The summed E-state index contributed by atoms with van der Waals surface area (Å²) in [4.78, 5) is 37.2. The zero-order valence-electron chi connectivity index (χ0n) is 42.3. The van der Waals surface area contributed by atoms with E-state index in [0.717, 1.165) is 44.9 Å². The Hall–Kier alpha value is -2.19. The minimum Gasteiger partial charge on any atom is -0.477 e. The van der Waals surface area contributed by atoms with E-state index < -0.39 is 18.1 Å². The number of carbonyl (C=O) groups is 3. The number of carbonyl (C=O) groups excluding carboxylic acids is 2. The highest BCUT2D eigenvalue weighted by atomic mass is 16.6. The first-order valence-electron chi connectivity index (χ1n) is 26.9. The third kappa shape index (κ3) is 44.8. The summed E-state index contributed by atoms with van der Waals surface area (Å²) in [6.45, 7) is 4.76. The maximum atomic E-state index is 12.8. The Morgan fingerprint density at radius 3 is 1.25 bits per heavy atom. The number of unbranched alkanes of at least 4 members (excludes halogenated alkanes) is 31. The van der Waals surface area contributed by atoms with Gasteiger partial charge in [0, 0.05) is 19.3 Å². The van der Waals surface area contributed by atoms with Gasteiger partial charge in [-0.2, -0.15) is 0 Å². The summed E-state index contributed by atoms with van der Waals surface area (Å²) in [5.74, 6) is -1.45. The van der Waals surface area contributed by atoms with Crippen molar-refractivity contribution in [1.82, 2.24) is 0 Å². The Bertz CT molecular complexity index is 1080. The molecule has 0 radical (unpaired) electrons. The standard InChI is InChI=1S/C55H103NO7/c1-6-8-10-12-14-16-18-20-22-24-26-28-29-31-33-35-37-39-41-43-45-53(57)62-50-51(49-61-48-47-52(55(59)60)56(3,4)5)63-54(58)46-44-42-40-38-36-34-32-30-27-25-23-21-19-17-15-13-11-9-7-2/h15,17,21,23,51-52H,6-14,16,18-20,22,24-50H2,1-5H3/p+1/b17-15-,23-21-. The van der Waals surface area contributed by atoms with Crippen LogP contribution in [0.3, 0.4) is 0 Å². The molecular weight excluding hydrogens is 787 g/mol. The largest absolute Gasteiger partial charge is 0.477 e. The van der Waals surface area contributed by atoms with Gasteiger partial charge in [-0.3, -0.25) is 9.59 Å². The number of aliphatic carboxylic acids is 1. The highest BCUT2D eigenvalue weighted by Gasteiger charge is 2.31. The molecule has 0 bridgehead atoms. The number of nitrogens with zero attached hydrogens (tertiary/aromatic N) is 1. The van der Waals surface area contributed by atoms with Gasteiger partial charge in [0.2, 0.25) is 0 Å². The van der Waals surface area contributed by atoms with Crippen LogP contribution in [0.1, 0.15) is 258 Å². The average molecular weight is 891 g/mol. The highest BCUT2D eigenvalue weighted by Crippen LogP contribution is 2.17. The second kappa shape index (κ2) is 46.3. The van der Waals surface area contributed by atoms with Crippen LogP contribution in [0.5, 0.6) is 0 Å². The molecular formula is C55H104NO7+. The van der Waals surface area contributed by atoms with Crippen molar-refractivity contribution in [2.45, 2.75) is 270 Å². The summed E-state index contributed by atoms with van der Waals surface area (Å²) in [6.07, 6.45) is 53.7. The summed E-state index contributed by atoms with van der Waals surface area (Å²) < 4.78 is 17.4. The monoisotopic (exact) mass is 891 g/mol. The molecule has 370 valence electrons. The van der Waals surface area contributed by atoms with E-state index in [1.807, 2.05) is 21.1 Å². The second-order valence-electron chi connectivity index (χ2n) is 19.5. The zero-order chi connectivity index (χ0) is 46.3. The van der Waals surface area contributed by atoms with Crippen molar-refractivity contribution >= 4 is 17.9 Å². The average Bonchev–Trinajstić information content (AvgIpc) is 3.24. The lowest BCUT2D eigenvalue weighted by atomic mass is 10.0. The predicted octanol–water partition coefficient (Wildman–Crippen LogP) is 15.6. The second-order valence-corrected chi connectivity index (χ2v) is 19.5. The third-order valence-corrected chi connectivity index (χ3v) is 12.4. The van der Waals surface area contributed by atoms with Gasteiger partial charge in [-0.15, -0.1) is 0 Å². The van der Waals surface area contributed by atoms with Gasteiger partial charge in [-0.05, 0) is 44.9 Å². The number of esters is 2. The van der Waals surface area contributed by atoms with E-state index in [9.17, 15) is 19.5 Å². The Kier molecular flexibility index (Phi) is 44.7. The maximum Gasteiger partial charge on any atom is 0.362 e. The van der Waals surface area contributed by atoms with Crippen LogP contribution in [-0.4, -0.2) is 80.6 Å². The van der Waals surface area contributed by atoms with Gasteiger partial charge in [0.1, 0.15) is 6.61 Å². The van der Waals surface area contributed by atoms with Crippen LogP contribution in [0.2, 0.25) is 0 Å². The molecule has 2 unspecified atom stereocenters. The molecule has 0 aliphatic rings. The van der Waals surface area contributed by atoms with Crippen LogP contribution in [0, 0.1) is 0 Å². The first-order valence-corrected chi connectivity index (χ1v) is 26.9. The fourth-order valence-electron chi connectivity index (χ4n) is 8.18. The van der Waals surface area contributed by atoms with Crippen molar-refractivity contribution in [3.63, 3.8) is 0 Å². The van der Waals surface area contributed by atoms with Crippen molar-refractivity contribution in [2.75, 3.05) is 41.0 Å². The number of likely N-dealkylation sites (N-methyl/N-ethyl adjacent to an activating group) is 1. The number of ether oxygens (including phenoxy) is 3. The molecule has 0 amide bonds. The molecule has 0 fully saturated rings. The smallest absolute Gasteiger partial charge is 0.362 e. The van der Waals surface area contributed by atoms with Gasteiger partial charge in [0.05, 0.1) is 34.4 Å². The molecule has 0 spiro atoms. The lowest BCUT2D eigenvalue weighted by molar-refractivity contribution is -0.887. The molecule has 0 aliphatic carbocycles. The van der Waals surface area contributed by atoms with Crippen LogP contribution in [0.15, 0.2) is 24.3 Å². The Labute approximate surface area is 390 Å². The number of carboxylic acid groups (broad SMARTS) is 1. The first kappa shape index (κ1) is 60.8. The molecule has 63 heavy (non-hydrogen) atoms. The van der Waals surface area contributed by atoms with E-state index in [0.29, 0.717) is 19.3 Å². The van der Waals surface area contributed by atoms with Crippen LogP contribution in [-0.2, 0) is 28.6 Å². The lowest BCUT2D eigenvalue weighted by Gasteiger charge is -2.31. The van der Waals surface area contributed by atoms with Crippen LogP contribution >= 0.6 is 0 Å². The molecule has 8 nitrogen and oxygen atoms in total. The van der Waals surface area contributed by atoms with Crippen LogP contribution in [0.25, 0.3) is 0 Å². The minimum absolute atomic E-state index is 0.0473. The number of allylic oxidation sites excluding steroid dienone is 4. The lowest BCUT2D eigenvalue weighted by Crippen LogP contribution is -2.50. The van der Waals surface area contributed by atoms with E-state index in [-0.39, 0.29) is 36.2 Å². The number of quaternary nitrogens is 1. The fourth-order valence-corrected chi connectivity index (χ4v) is 8.18. The van der Waals surface area contributed by atoms with Gasteiger partial charge >= 0.3 is 17.9 Å². The molecule has 0 aromatic rings. The van der Waals surface area contributed by atoms with Gasteiger partial charge in [0.25, 0.3) is 0 Å². The minimum atomic E-state index is -0.872. The van der Waals surface area contributed by atoms with Gasteiger partial charge < -0.3 is 23.8 Å². The molecule has 8 heteroatoms. The molecule has 0 saturated carbocycles. The van der Waals surface area contributed by atoms with Gasteiger partial charge in [-0.1, -0.05) is 218 Å². The SMILES string of the molecule is CCCCC/C=C\C/C=C\CCCCCCCCCCCC(=O)OC(COCCC(C(=O)O)[N+](C)(C)C)COC(=O)CCCCCCCCCCCCCCCCCCCCCC. The quantitative estimate of drug-likeness (QED) is 0.0281. The van der Waals surface area contributed by atoms with Gasteiger partial charge in [0.15, 0.2) is 12.1 Å². The number of hydrogen-bond donors (Lipinski definition) is 1. The summed E-state index contributed by atoms with van der Waals surface area (Å²) >= 11 is 0. The zero-order valence-corrected chi connectivity index (χ0v) is 42.3. The molecule has 2 atom stereocenters. The summed E-state index contributed by atoms with van der Waals surface area (Å²) in [7, 11) is 5.55.